The van der Waals surface area contributed by atoms with Crippen LogP contribution in [0.2, 0.25) is 0 Å². The van der Waals surface area contributed by atoms with E-state index in [0.29, 0.717) is 18.1 Å². The Kier molecular flexibility index (Phi) is 9.86. The third kappa shape index (κ3) is 9.10. The van der Waals surface area contributed by atoms with Crippen LogP contribution in [-0.2, 0) is 19.6 Å². The molecule has 0 fully saturated rings. The van der Waals surface area contributed by atoms with E-state index in [1.807, 2.05) is 0 Å². The number of halogens is 1. The third-order valence-corrected chi connectivity index (χ3v) is 6.66. The largest absolute Gasteiger partial charge is 0.481 e. The summed E-state index contributed by atoms with van der Waals surface area (Å²) in [7, 11) is -1.13. The molecule has 0 saturated heterocycles. The molecule has 1 amide bonds. The number of hydrogen-bond donors (Lipinski definition) is 3. The van der Waals surface area contributed by atoms with E-state index < -0.39 is 26.7 Å². The number of amides is 1. The molecule has 0 aliphatic rings. The summed E-state index contributed by atoms with van der Waals surface area (Å²) >= 11 is 0. The van der Waals surface area contributed by atoms with Crippen molar-refractivity contribution in [1.82, 2.24) is 10.0 Å². The molecule has 0 aliphatic carbocycles. The summed E-state index contributed by atoms with van der Waals surface area (Å²) in [4.78, 5) is 21.5. The van der Waals surface area contributed by atoms with Crippen LogP contribution < -0.4 is 10.0 Å². The second-order valence-corrected chi connectivity index (χ2v) is 9.15. The summed E-state index contributed by atoms with van der Waals surface area (Å²) in [6.07, 6.45) is 0.0245. The summed E-state index contributed by atoms with van der Waals surface area (Å²) in [5.74, 6) is -0.925. The summed E-state index contributed by atoms with van der Waals surface area (Å²) < 4.78 is 39.5. The van der Waals surface area contributed by atoms with Gasteiger partial charge in [-0.3, -0.25) is 9.59 Å². The van der Waals surface area contributed by atoms with Crippen LogP contribution in [0.25, 0.3) is 0 Å². The first-order valence-corrected chi connectivity index (χ1v) is 11.3. The highest BCUT2D eigenvalue weighted by molar-refractivity contribution is 8.76. The Morgan fingerprint density at radius 1 is 1.08 bits per heavy atom. The molecule has 0 aliphatic heterocycles. The van der Waals surface area contributed by atoms with Gasteiger partial charge in [-0.15, -0.1) is 0 Å². The Balaban J connectivity index is 2.18. The number of carbonyl (C=O) groups excluding carboxylic acids is 1. The molecule has 0 saturated carbocycles. The van der Waals surface area contributed by atoms with Crippen molar-refractivity contribution < 1.29 is 27.5 Å². The van der Waals surface area contributed by atoms with E-state index in [4.69, 9.17) is 5.11 Å². The minimum atomic E-state index is -3.99. The molecule has 1 aromatic carbocycles. The van der Waals surface area contributed by atoms with E-state index >= 15 is 0 Å². The van der Waals surface area contributed by atoms with Crippen LogP contribution in [0.5, 0.6) is 0 Å². The van der Waals surface area contributed by atoms with Gasteiger partial charge < -0.3 is 10.4 Å². The topological polar surface area (TPSA) is 113 Å². The monoisotopic (exact) mass is 410 g/mol. The Hall–Kier alpha value is -1.30. The fourth-order valence-electron chi connectivity index (χ4n) is 1.61. The van der Waals surface area contributed by atoms with Crippen molar-refractivity contribution >= 4 is 43.5 Å². The molecule has 0 spiro atoms. The number of benzene rings is 1. The average molecular weight is 411 g/mol. The molecule has 0 bridgehead atoms. The highest BCUT2D eigenvalue weighted by Gasteiger charge is 2.18. The van der Waals surface area contributed by atoms with Crippen molar-refractivity contribution in [3.8, 4) is 0 Å². The molecule has 0 atom stereocenters. The Morgan fingerprint density at radius 2 is 1.76 bits per heavy atom. The van der Waals surface area contributed by atoms with Gasteiger partial charge in [0.15, 0.2) is 0 Å². The summed E-state index contributed by atoms with van der Waals surface area (Å²) in [6.45, 7) is 0.257. The van der Waals surface area contributed by atoms with Crippen LogP contribution in [0.4, 0.5) is 4.39 Å². The second-order valence-electron chi connectivity index (χ2n) is 4.72. The maximum atomic E-state index is 13.5. The van der Waals surface area contributed by atoms with Gasteiger partial charge in [0.05, 0.1) is 6.42 Å². The summed E-state index contributed by atoms with van der Waals surface area (Å²) in [6, 6.07) is 5.00. The van der Waals surface area contributed by atoms with Gasteiger partial charge in [-0.05, 0) is 12.1 Å². The number of carbonyl (C=O) groups is 2. The van der Waals surface area contributed by atoms with E-state index in [9.17, 15) is 22.4 Å². The van der Waals surface area contributed by atoms with Gasteiger partial charge in [-0.25, -0.2) is 17.5 Å². The standard InChI is InChI=1S/C14H19FN2O5S3/c15-11-3-1-2-4-12(11)25(21,22)17-7-5-13(18)16-8-10-24-23-9-6-14(19)20/h1-4,17H,5-10H2,(H,16,18)(H,19,20). The summed E-state index contributed by atoms with van der Waals surface area (Å²) in [5, 5.41) is 11.1. The molecule has 25 heavy (non-hydrogen) atoms. The number of rotatable bonds is 12. The molecule has 3 N–H and O–H groups in total. The van der Waals surface area contributed by atoms with Crippen LogP contribution in [-0.4, -0.2) is 50.0 Å². The van der Waals surface area contributed by atoms with Crippen LogP contribution in [0.3, 0.4) is 0 Å². The third-order valence-electron chi connectivity index (χ3n) is 2.76. The number of hydrogen-bond acceptors (Lipinski definition) is 6. The smallest absolute Gasteiger partial charge is 0.304 e. The molecular weight excluding hydrogens is 391 g/mol. The quantitative estimate of drug-likeness (QED) is 0.353. The zero-order chi connectivity index (χ0) is 18.7. The first-order valence-electron chi connectivity index (χ1n) is 7.30. The summed E-state index contributed by atoms with van der Waals surface area (Å²) in [5.41, 5.74) is 0. The van der Waals surface area contributed by atoms with Crippen molar-refractivity contribution in [3.63, 3.8) is 0 Å². The first-order chi connectivity index (χ1) is 11.8. The van der Waals surface area contributed by atoms with Gasteiger partial charge in [0, 0.05) is 31.0 Å². The Morgan fingerprint density at radius 3 is 2.44 bits per heavy atom. The van der Waals surface area contributed by atoms with Crippen molar-refractivity contribution in [3.05, 3.63) is 30.1 Å². The lowest BCUT2D eigenvalue weighted by Gasteiger charge is -2.08. The van der Waals surface area contributed by atoms with Crippen molar-refractivity contribution in [2.45, 2.75) is 17.7 Å². The van der Waals surface area contributed by atoms with Crippen LogP contribution >= 0.6 is 21.6 Å². The second kappa shape index (κ2) is 11.3. The first kappa shape index (κ1) is 21.7. The molecule has 7 nitrogen and oxygen atoms in total. The fourth-order valence-corrected chi connectivity index (χ4v) is 4.60. The molecule has 1 aromatic rings. The van der Waals surface area contributed by atoms with Crippen LogP contribution in [0.1, 0.15) is 12.8 Å². The SMILES string of the molecule is O=C(O)CCSSCCNC(=O)CCNS(=O)(=O)c1ccccc1F. The number of sulfonamides is 1. The normalized spacial score (nSPS) is 11.2. The zero-order valence-electron chi connectivity index (χ0n) is 13.2. The Labute approximate surface area is 153 Å². The fraction of sp³-hybridized carbons (Fsp3) is 0.429. The molecular formula is C14H19FN2O5S3. The number of carboxylic acid groups (broad SMARTS) is 1. The molecule has 140 valence electrons. The minimum Gasteiger partial charge on any atom is -0.481 e. The van der Waals surface area contributed by atoms with Crippen LogP contribution in [0.15, 0.2) is 29.2 Å². The zero-order valence-corrected chi connectivity index (χ0v) is 15.7. The van der Waals surface area contributed by atoms with E-state index in [2.05, 4.69) is 10.0 Å². The van der Waals surface area contributed by atoms with Crippen molar-refractivity contribution in [2.75, 3.05) is 24.6 Å². The van der Waals surface area contributed by atoms with E-state index in [0.717, 1.165) is 12.1 Å². The van der Waals surface area contributed by atoms with E-state index in [-0.39, 0.29) is 25.3 Å². The molecule has 0 radical (unpaired) electrons. The van der Waals surface area contributed by atoms with Gasteiger partial charge in [0.2, 0.25) is 15.9 Å². The van der Waals surface area contributed by atoms with Gasteiger partial charge in [0.1, 0.15) is 10.7 Å². The minimum absolute atomic E-state index is 0.0650. The maximum Gasteiger partial charge on any atom is 0.304 e. The lowest BCUT2D eigenvalue weighted by molar-refractivity contribution is -0.136. The predicted octanol–water partition coefficient (Wildman–Crippen LogP) is 1.47. The number of nitrogens with one attached hydrogen (secondary N) is 2. The number of aliphatic carboxylic acids is 1. The molecule has 0 aromatic heterocycles. The van der Waals surface area contributed by atoms with Crippen LogP contribution in [0, 0.1) is 5.82 Å². The maximum absolute atomic E-state index is 13.5. The van der Waals surface area contributed by atoms with Gasteiger partial charge in [-0.2, -0.15) is 0 Å². The van der Waals surface area contributed by atoms with Crippen molar-refractivity contribution in [1.29, 1.82) is 0 Å². The molecule has 0 unspecified atom stereocenters. The number of carboxylic acids is 1. The van der Waals surface area contributed by atoms with Crippen molar-refractivity contribution in [2.24, 2.45) is 0 Å². The lowest BCUT2D eigenvalue weighted by Crippen LogP contribution is -2.32. The molecule has 0 heterocycles. The highest BCUT2D eigenvalue weighted by Crippen LogP contribution is 2.20. The molecule has 11 heteroatoms. The van der Waals surface area contributed by atoms with Gasteiger partial charge in [-0.1, -0.05) is 33.7 Å². The van der Waals surface area contributed by atoms with E-state index in [1.54, 1.807) is 0 Å². The van der Waals surface area contributed by atoms with Gasteiger partial charge in [0.25, 0.3) is 0 Å². The Bertz CT molecular complexity index is 685. The average Bonchev–Trinajstić information content (AvgIpc) is 2.53. The van der Waals surface area contributed by atoms with Gasteiger partial charge >= 0.3 is 5.97 Å². The highest BCUT2D eigenvalue weighted by atomic mass is 33.1. The van der Waals surface area contributed by atoms with E-state index in [1.165, 1.54) is 33.7 Å². The molecule has 1 rings (SSSR count). The lowest BCUT2D eigenvalue weighted by atomic mass is 10.4. The predicted molar refractivity (Wildman–Crippen MR) is 96.4 cm³/mol.